The van der Waals surface area contributed by atoms with Crippen molar-refractivity contribution in [2.24, 2.45) is 17.8 Å². The van der Waals surface area contributed by atoms with Gasteiger partial charge in [-0.15, -0.1) is 0 Å². The zero-order valence-electron chi connectivity index (χ0n) is 14.5. The summed E-state index contributed by atoms with van der Waals surface area (Å²) in [4.78, 5) is 16.0. The summed E-state index contributed by atoms with van der Waals surface area (Å²) in [6.45, 7) is 7.28. The van der Waals surface area contributed by atoms with Crippen LogP contribution in [0.2, 0.25) is 0 Å². The van der Waals surface area contributed by atoms with E-state index in [0.717, 1.165) is 30.7 Å². The van der Waals surface area contributed by atoms with E-state index < -0.39 is 5.60 Å². The fourth-order valence-corrected chi connectivity index (χ4v) is 4.18. The van der Waals surface area contributed by atoms with Crippen molar-refractivity contribution >= 4 is 6.09 Å². The van der Waals surface area contributed by atoms with Gasteiger partial charge in [0.25, 0.3) is 0 Å². The van der Waals surface area contributed by atoms with E-state index in [1.807, 2.05) is 33.3 Å². The molecule has 3 rings (SSSR count). The number of aromatic nitrogens is 2. The molecule has 1 N–H and O–H groups in total. The minimum atomic E-state index is -0.451. The fourth-order valence-electron chi connectivity index (χ4n) is 4.18. The van der Waals surface area contributed by atoms with E-state index in [2.05, 4.69) is 14.9 Å². The van der Waals surface area contributed by atoms with E-state index in [1.165, 1.54) is 31.4 Å². The first-order valence-electron chi connectivity index (χ1n) is 8.86. The molecule has 0 aliphatic heterocycles. The maximum absolute atomic E-state index is 11.7. The van der Waals surface area contributed by atoms with Crippen molar-refractivity contribution in [2.75, 3.05) is 6.54 Å². The van der Waals surface area contributed by atoms with Crippen molar-refractivity contribution in [3.63, 3.8) is 0 Å². The molecule has 128 valence electrons. The number of imidazole rings is 1. The van der Waals surface area contributed by atoms with Gasteiger partial charge in [-0.05, 0) is 57.8 Å². The van der Waals surface area contributed by atoms with Gasteiger partial charge in [0, 0.05) is 31.4 Å². The Morgan fingerprint density at radius 3 is 2.87 bits per heavy atom. The molecule has 2 fully saturated rings. The molecule has 3 unspecified atom stereocenters. The Kier molecular flexibility index (Phi) is 4.64. The van der Waals surface area contributed by atoms with Gasteiger partial charge in [-0.3, -0.25) is 0 Å². The number of hydrogen-bond acceptors (Lipinski definition) is 3. The van der Waals surface area contributed by atoms with Gasteiger partial charge in [0.05, 0.1) is 6.33 Å². The first-order chi connectivity index (χ1) is 10.9. The van der Waals surface area contributed by atoms with E-state index in [4.69, 9.17) is 4.74 Å². The highest BCUT2D eigenvalue weighted by atomic mass is 16.6. The second-order valence-corrected chi connectivity index (χ2v) is 8.15. The summed E-state index contributed by atoms with van der Waals surface area (Å²) < 4.78 is 7.54. The molecule has 2 aliphatic rings. The Balaban J connectivity index is 1.46. The van der Waals surface area contributed by atoms with Gasteiger partial charge in [0.2, 0.25) is 0 Å². The van der Waals surface area contributed by atoms with Gasteiger partial charge in [0.1, 0.15) is 5.60 Å². The average Bonchev–Trinajstić information content (AvgIpc) is 3.14. The smallest absolute Gasteiger partial charge is 0.407 e. The Hall–Kier alpha value is -1.52. The van der Waals surface area contributed by atoms with Crippen LogP contribution in [0.3, 0.4) is 0 Å². The lowest BCUT2D eigenvalue weighted by Gasteiger charge is -2.23. The number of ether oxygens (including phenoxy) is 1. The lowest BCUT2D eigenvalue weighted by atomic mass is 9.89. The molecule has 0 saturated heterocycles. The Morgan fingerprint density at radius 2 is 2.22 bits per heavy atom. The zero-order valence-corrected chi connectivity index (χ0v) is 14.5. The van der Waals surface area contributed by atoms with Crippen LogP contribution in [0.15, 0.2) is 12.5 Å². The van der Waals surface area contributed by atoms with Gasteiger partial charge in [-0.2, -0.15) is 0 Å². The summed E-state index contributed by atoms with van der Waals surface area (Å²) in [5.41, 5.74) is 0.747. The standard InChI is InChI=1S/C18H29N3O2/c1-18(2,3)23-17(22)20-7-6-16-10-19-12-21(16)11-15-9-13-4-5-14(15)8-13/h10,12-15H,4-9,11H2,1-3H3,(H,20,22). The molecule has 0 aromatic carbocycles. The van der Waals surface area contributed by atoms with Crippen LogP contribution >= 0.6 is 0 Å². The van der Waals surface area contributed by atoms with E-state index in [1.54, 1.807) is 0 Å². The van der Waals surface area contributed by atoms with E-state index >= 15 is 0 Å². The number of carbonyl (C=O) groups excluding carboxylic acids is 1. The quantitative estimate of drug-likeness (QED) is 0.905. The Labute approximate surface area is 138 Å². The molecule has 3 atom stereocenters. The van der Waals surface area contributed by atoms with Gasteiger partial charge < -0.3 is 14.6 Å². The molecule has 1 heterocycles. The second-order valence-electron chi connectivity index (χ2n) is 8.15. The van der Waals surface area contributed by atoms with Crippen molar-refractivity contribution in [3.8, 4) is 0 Å². The molecule has 23 heavy (non-hydrogen) atoms. The topological polar surface area (TPSA) is 56.1 Å². The molecular weight excluding hydrogens is 290 g/mol. The number of hydrogen-bond donors (Lipinski definition) is 1. The molecule has 2 saturated carbocycles. The third kappa shape index (κ3) is 4.27. The molecule has 1 aromatic heterocycles. The second kappa shape index (κ2) is 6.54. The maximum atomic E-state index is 11.7. The molecule has 1 amide bonds. The average molecular weight is 319 g/mol. The highest BCUT2D eigenvalue weighted by molar-refractivity contribution is 5.67. The number of nitrogens with one attached hydrogen (secondary N) is 1. The lowest BCUT2D eigenvalue weighted by molar-refractivity contribution is 0.0528. The van der Waals surface area contributed by atoms with Crippen molar-refractivity contribution < 1.29 is 9.53 Å². The minimum Gasteiger partial charge on any atom is -0.444 e. The summed E-state index contributed by atoms with van der Waals surface area (Å²) in [5, 5.41) is 2.82. The van der Waals surface area contributed by atoms with Crippen LogP contribution in [0.1, 0.15) is 52.1 Å². The fraction of sp³-hybridized carbons (Fsp3) is 0.778. The van der Waals surface area contributed by atoms with Gasteiger partial charge in [-0.1, -0.05) is 6.42 Å². The third-order valence-electron chi connectivity index (χ3n) is 5.16. The number of amides is 1. The SMILES string of the molecule is CC(C)(C)OC(=O)NCCc1cncn1CC1CC2CCC1C2. The maximum Gasteiger partial charge on any atom is 0.407 e. The van der Waals surface area contributed by atoms with Crippen molar-refractivity contribution in [2.45, 2.75) is 65.0 Å². The number of carbonyl (C=O) groups is 1. The number of rotatable bonds is 5. The molecule has 5 heteroatoms. The highest BCUT2D eigenvalue weighted by Crippen LogP contribution is 2.48. The highest BCUT2D eigenvalue weighted by Gasteiger charge is 2.39. The Morgan fingerprint density at radius 1 is 1.39 bits per heavy atom. The van der Waals surface area contributed by atoms with Gasteiger partial charge in [-0.25, -0.2) is 9.78 Å². The van der Waals surface area contributed by atoms with Gasteiger partial charge in [0.15, 0.2) is 0 Å². The largest absolute Gasteiger partial charge is 0.444 e. The summed E-state index contributed by atoms with van der Waals surface area (Å²) in [6, 6.07) is 0. The van der Waals surface area contributed by atoms with Crippen molar-refractivity contribution in [1.82, 2.24) is 14.9 Å². The van der Waals surface area contributed by atoms with Crippen LogP contribution in [0, 0.1) is 17.8 Å². The molecule has 0 spiro atoms. The molecule has 5 nitrogen and oxygen atoms in total. The predicted molar refractivity (Wildman–Crippen MR) is 89.1 cm³/mol. The Bertz CT molecular complexity index is 547. The number of nitrogens with zero attached hydrogens (tertiary/aromatic N) is 2. The van der Waals surface area contributed by atoms with Crippen LogP contribution in [-0.4, -0.2) is 27.8 Å². The third-order valence-corrected chi connectivity index (χ3v) is 5.16. The minimum absolute atomic E-state index is 0.350. The summed E-state index contributed by atoms with van der Waals surface area (Å²) >= 11 is 0. The summed E-state index contributed by atoms with van der Waals surface area (Å²) in [5.74, 6) is 2.72. The van der Waals surface area contributed by atoms with E-state index in [-0.39, 0.29) is 6.09 Å². The van der Waals surface area contributed by atoms with Crippen molar-refractivity contribution in [1.29, 1.82) is 0 Å². The first kappa shape index (κ1) is 16.3. The number of alkyl carbamates (subject to hydrolysis) is 1. The van der Waals surface area contributed by atoms with Crippen molar-refractivity contribution in [3.05, 3.63) is 18.2 Å². The monoisotopic (exact) mass is 319 g/mol. The summed E-state index contributed by atoms with van der Waals surface area (Å²) in [7, 11) is 0. The van der Waals surface area contributed by atoms with Gasteiger partial charge >= 0.3 is 6.09 Å². The molecule has 2 aliphatic carbocycles. The van der Waals surface area contributed by atoms with E-state index in [9.17, 15) is 4.79 Å². The van der Waals surface area contributed by atoms with Crippen LogP contribution in [0.5, 0.6) is 0 Å². The normalized spacial score (nSPS) is 26.5. The zero-order chi connectivity index (χ0) is 16.4. The summed E-state index contributed by atoms with van der Waals surface area (Å²) in [6.07, 6.45) is 9.99. The van der Waals surface area contributed by atoms with E-state index in [0.29, 0.717) is 6.54 Å². The molecule has 2 bridgehead atoms. The van der Waals surface area contributed by atoms with Crippen LogP contribution in [-0.2, 0) is 17.7 Å². The number of fused-ring (bicyclic) bond motifs is 2. The first-order valence-corrected chi connectivity index (χ1v) is 8.86. The molecular formula is C18H29N3O2. The lowest BCUT2D eigenvalue weighted by Crippen LogP contribution is -2.33. The van der Waals surface area contributed by atoms with Crippen LogP contribution in [0.25, 0.3) is 0 Å². The van der Waals surface area contributed by atoms with Crippen LogP contribution < -0.4 is 5.32 Å². The predicted octanol–water partition coefficient (Wildman–Crippen LogP) is 3.39. The molecule has 0 radical (unpaired) electrons. The molecule has 1 aromatic rings. The van der Waals surface area contributed by atoms with Crippen LogP contribution in [0.4, 0.5) is 4.79 Å².